The molecule has 1 aliphatic carbocycles. The van der Waals surface area contributed by atoms with Crippen LogP contribution in [0.2, 0.25) is 5.02 Å². The highest BCUT2D eigenvalue weighted by Crippen LogP contribution is 2.50. The number of likely N-dealkylation sites (tertiary alicyclic amines) is 1. The van der Waals surface area contributed by atoms with Crippen molar-refractivity contribution >= 4 is 28.4 Å². The molecule has 1 aliphatic heterocycles. The molecule has 23 heavy (non-hydrogen) atoms. The van der Waals surface area contributed by atoms with Crippen LogP contribution in [0.5, 0.6) is 0 Å². The van der Waals surface area contributed by atoms with Crippen LogP contribution in [0.4, 0.5) is 0 Å². The molecule has 0 radical (unpaired) electrons. The molecule has 1 aromatic heterocycles. The smallest absolute Gasteiger partial charge is 0.222 e. The fraction of sp³-hybridized carbons (Fsp3) is 0.529. The Morgan fingerprint density at radius 2 is 2.13 bits per heavy atom. The number of amides is 1. The number of aromatic amines is 1. The molecule has 2 fully saturated rings. The number of H-pyrrole nitrogens is 1. The number of hydrogen-bond acceptors (Lipinski definition) is 3. The number of fused-ring (bicyclic) bond motifs is 2. The van der Waals surface area contributed by atoms with E-state index < -0.39 is 5.60 Å². The topological polar surface area (TPSA) is 69.2 Å². The Bertz CT molecular complexity index is 758. The number of nitrogens with zero attached hydrogens (tertiary/aromatic N) is 2. The van der Waals surface area contributed by atoms with Gasteiger partial charge < -0.3 is 10.0 Å². The Hall–Kier alpha value is -1.59. The molecule has 122 valence electrons. The van der Waals surface area contributed by atoms with E-state index >= 15 is 0 Å². The van der Waals surface area contributed by atoms with Gasteiger partial charge in [-0.1, -0.05) is 18.5 Å². The molecule has 1 unspecified atom stereocenters. The van der Waals surface area contributed by atoms with Crippen LogP contribution in [0.15, 0.2) is 18.3 Å². The van der Waals surface area contributed by atoms with Crippen molar-refractivity contribution in [2.45, 2.75) is 31.8 Å². The molecule has 1 amide bonds. The average molecular weight is 334 g/mol. The van der Waals surface area contributed by atoms with Gasteiger partial charge in [0.2, 0.25) is 5.91 Å². The van der Waals surface area contributed by atoms with E-state index in [0.29, 0.717) is 36.1 Å². The summed E-state index contributed by atoms with van der Waals surface area (Å²) in [4.78, 5) is 13.8. The molecule has 2 heterocycles. The van der Waals surface area contributed by atoms with Crippen molar-refractivity contribution in [1.82, 2.24) is 15.1 Å². The standard InChI is InChI=1S/C17H20ClN3O2/c1-2-16(22)21-8-10-5-17(23,6-11(10)9-21)14-3-12(18)4-15-13(14)7-19-20-15/h3-4,7,10-11,23H,2,5-6,8-9H2,1H3,(H,19,20)/t10-,11+,17?. The molecular formula is C17H20ClN3O2. The minimum atomic E-state index is -0.885. The normalized spacial score (nSPS) is 30.1. The van der Waals surface area contributed by atoms with Crippen LogP contribution in [-0.2, 0) is 10.4 Å². The second kappa shape index (κ2) is 5.21. The molecule has 1 saturated carbocycles. The van der Waals surface area contributed by atoms with Crippen molar-refractivity contribution in [3.63, 3.8) is 0 Å². The van der Waals surface area contributed by atoms with E-state index in [4.69, 9.17) is 11.6 Å². The Kier molecular flexibility index (Phi) is 3.39. The van der Waals surface area contributed by atoms with Crippen molar-refractivity contribution in [2.75, 3.05) is 13.1 Å². The number of carbonyl (C=O) groups excluding carboxylic acids is 1. The van der Waals surface area contributed by atoms with Crippen molar-refractivity contribution in [2.24, 2.45) is 11.8 Å². The lowest BCUT2D eigenvalue weighted by molar-refractivity contribution is -0.130. The number of carbonyl (C=O) groups is 1. The highest BCUT2D eigenvalue weighted by atomic mass is 35.5. The number of halogens is 1. The van der Waals surface area contributed by atoms with Crippen LogP contribution in [0.1, 0.15) is 31.7 Å². The minimum absolute atomic E-state index is 0.211. The molecular weight excluding hydrogens is 314 g/mol. The minimum Gasteiger partial charge on any atom is -0.385 e. The zero-order chi connectivity index (χ0) is 16.2. The van der Waals surface area contributed by atoms with E-state index in [1.165, 1.54) is 0 Å². The maximum Gasteiger partial charge on any atom is 0.222 e. The molecule has 1 saturated heterocycles. The van der Waals surface area contributed by atoms with Crippen molar-refractivity contribution < 1.29 is 9.90 Å². The van der Waals surface area contributed by atoms with Crippen LogP contribution in [0.3, 0.4) is 0 Å². The first-order valence-corrected chi connectivity index (χ1v) is 8.51. The van der Waals surface area contributed by atoms with Gasteiger partial charge in [0.1, 0.15) is 0 Å². The lowest BCUT2D eigenvalue weighted by atomic mass is 9.88. The van der Waals surface area contributed by atoms with Gasteiger partial charge >= 0.3 is 0 Å². The molecule has 1 aromatic carbocycles. The Labute approximate surface area is 139 Å². The third-order valence-corrected chi connectivity index (χ3v) is 5.67. The van der Waals surface area contributed by atoms with Gasteiger partial charge in [0.15, 0.2) is 0 Å². The van der Waals surface area contributed by atoms with Crippen LogP contribution in [-0.4, -0.2) is 39.2 Å². The van der Waals surface area contributed by atoms with Crippen molar-refractivity contribution in [1.29, 1.82) is 0 Å². The number of benzene rings is 1. The summed E-state index contributed by atoms with van der Waals surface area (Å²) in [7, 11) is 0. The molecule has 2 aliphatic rings. The highest BCUT2D eigenvalue weighted by Gasteiger charge is 2.50. The van der Waals surface area contributed by atoms with Gasteiger partial charge in [0.05, 0.1) is 17.3 Å². The number of rotatable bonds is 2. The first-order chi connectivity index (χ1) is 11.0. The first kappa shape index (κ1) is 15.0. The van der Waals surface area contributed by atoms with E-state index in [-0.39, 0.29) is 5.91 Å². The maximum absolute atomic E-state index is 11.9. The van der Waals surface area contributed by atoms with E-state index in [9.17, 15) is 9.90 Å². The second-order valence-electron chi connectivity index (χ2n) is 6.90. The van der Waals surface area contributed by atoms with Crippen LogP contribution < -0.4 is 0 Å². The lowest BCUT2D eigenvalue weighted by Crippen LogP contribution is -2.32. The number of hydrogen-bond donors (Lipinski definition) is 2. The van der Waals surface area contributed by atoms with Crippen molar-refractivity contribution in [3.8, 4) is 0 Å². The van der Waals surface area contributed by atoms with E-state index in [1.54, 1.807) is 6.20 Å². The maximum atomic E-state index is 11.9. The Balaban J connectivity index is 1.64. The fourth-order valence-corrected chi connectivity index (χ4v) is 4.62. The summed E-state index contributed by atoms with van der Waals surface area (Å²) >= 11 is 6.21. The third kappa shape index (κ3) is 2.34. The summed E-state index contributed by atoms with van der Waals surface area (Å²) in [5, 5.41) is 19.8. The van der Waals surface area contributed by atoms with Gasteiger partial charge in [0, 0.05) is 29.9 Å². The van der Waals surface area contributed by atoms with Crippen LogP contribution >= 0.6 is 11.6 Å². The van der Waals surface area contributed by atoms with Gasteiger partial charge in [-0.15, -0.1) is 0 Å². The molecule has 6 heteroatoms. The summed E-state index contributed by atoms with van der Waals surface area (Å²) in [5.41, 5.74) is 0.821. The average Bonchev–Trinajstić information content (AvgIpc) is 3.18. The van der Waals surface area contributed by atoms with Gasteiger partial charge in [-0.3, -0.25) is 9.89 Å². The largest absolute Gasteiger partial charge is 0.385 e. The molecule has 5 nitrogen and oxygen atoms in total. The molecule has 2 aromatic rings. The van der Waals surface area contributed by atoms with E-state index in [0.717, 1.165) is 29.6 Å². The highest BCUT2D eigenvalue weighted by molar-refractivity contribution is 6.31. The third-order valence-electron chi connectivity index (χ3n) is 5.46. The van der Waals surface area contributed by atoms with E-state index in [2.05, 4.69) is 10.2 Å². The summed E-state index contributed by atoms with van der Waals surface area (Å²) in [6.07, 6.45) is 3.64. The van der Waals surface area contributed by atoms with Crippen molar-refractivity contribution in [3.05, 3.63) is 28.9 Å². The summed E-state index contributed by atoms with van der Waals surface area (Å²) in [6, 6.07) is 3.68. The van der Waals surface area contributed by atoms with Gasteiger partial charge in [-0.2, -0.15) is 5.10 Å². The summed E-state index contributed by atoms with van der Waals surface area (Å²) < 4.78 is 0. The van der Waals surface area contributed by atoms with Gasteiger partial charge in [-0.25, -0.2) is 0 Å². The molecule has 4 rings (SSSR count). The summed E-state index contributed by atoms with van der Waals surface area (Å²) in [5.74, 6) is 0.927. The van der Waals surface area contributed by atoms with Crippen LogP contribution in [0.25, 0.3) is 10.9 Å². The molecule has 0 bridgehead atoms. The predicted octanol–water partition coefficient (Wildman–Crippen LogP) is 2.68. The summed E-state index contributed by atoms with van der Waals surface area (Å²) in [6.45, 7) is 3.41. The number of aliphatic hydroxyl groups is 1. The Morgan fingerprint density at radius 3 is 2.78 bits per heavy atom. The monoisotopic (exact) mass is 333 g/mol. The number of aromatic nitrogens is 2. The molecule has 2 N–H and O–H groups in total. The quantitative estimate of drug-likeness (QED) is 0.887. The van der Waals surface area contributed by atoms with Crippen LogP contribution in [0, 0.1) is 11.8 Å². The van der Waals surface area contributed by atoms with Gasteiger partial charge in [-0.05, 0) is 42.4 Å². The second-order valence-corrected chi connectivity index (χ2v) is 7.33. The first-order valence-electron chi connectivity index (χ1n) is 8.13. The predicted molar refractivity (Wildman–Crippen MR) is 88.1 cm³/mol. The zero-order valence-electron chi connectivity index (χ0n) is 13.1. The molecule has 3 atom stereocenters. The SMILES string of the molecule is CCC(=O)N1C[C@@H]2CC(O)(c3cc(Cl)cc4[nH]ncc34)C[C@@H]2C1. The fourth-order valence-electron chi connectivity index (χ4n) is 4.40. The van der Waals surface area contributed by atoms with E-state index in [1.807, 2.05) is 24.0 Å². The Morgan fingerprint density at radius 1 is 1.43 bits per heavy atom. The van der Waals surface area contributed by atoms with Gasteiger partial charge in [0.25, 0.3) is 0 Å². The molecule has 0 spiro atoms. The number of nitrogens with one attached hydrogen (secondary N) is 1. The lowest BCUT2D eigenvalue weighted by Gasteiger charge is -2.27. The zero-order valence-corrected chi connectivity index (χ0v) is 13.8.